The molecule has 0 saturated heterocycles. The van der Waals surface area contributed by atoms with Crippen LogP contribution in [-0.2, 0) is 10.0 Å². The zero-order chi connectivity index (χ0) is 27.3. The SMILES string of the molecule is COc1cc(NS(=O)(=O)c2ccccc2Cl)c(F)cc1/C=C/c1cnc(N[C@H]2CC[C@H](N(C)C)CC2)nc1. The maximum Gasteiger partial charge on any atom is 0.263 e. The Morgan fingerprint density at radius 3 is 2.39 bits per heavy atom. The molecule has 11 heteroatoms. The quantitative estimate of drug-likeness (QED) is 0.355. The summed E-state index contributed by atoms with van der Waals surface area (Å²) in [5.41, 5.74) is 0.890. The monoisotopic (exact) mass is 559 g/mol. The van der Waals surface area contributed by atoms with E-state index < -0.39 is 15.8 Å². The molecule has 1 aliphatic carbocycles. The van der Waals surface area contributed by atoms with Gasteiger partial charge in [0.2, 0.25) is 5.95 Å². The number of sulfonamides is 1. The van der Waals surface area contributed by atoms with E-state index in [1.807, 2.05) is 0 Å². The van der Waals surface area contributed by atoms with Crippen LogP contribution in [0.4, 0.5) is 16.0 Å². The third-order valence-corrected chi connectivity index (χ3v) is 8.44. The van der Waals surface area contributed by atoms with Gasteiger partial charge in [0.15, 0.2) is 0 Å². The maximum absolute atomic E-state index is 14.9. The second-order valence-electron chi connectivity index (χ2n) is 9.40. The Hall–Kier alpha value is -3.21. The summed E-state index contributed by atoms with van der Waals surface area (Å²) >= 11 is 6.01. The lowest BCUT2D eigenvalue weighted by Crippen LogP contribution is -2.36. The van der Waals surface area contributed by atoms with Gasteiger partial charge in [-0.05, 0) is 58.0 Å². The Labute approximate surface area is 228 Å². The molecular formula is C27H31ClFN5O3S. The molecule has 8 nitrogen and oxygen atoms in total. The van der Waals surface area contributed by atoms with Crippen molar-refractivity contribution in [2.75, 3.05) is 31.2 Å². The van der Waals surface area contributed by atoms with E-state index >= 15 is 0 Å². The highest BCUT2D eigenvalue weighted by Gasteiger charge is 2.23. The summed E-state index contributed by atoms with van der Waals surface area (Å²) in [6, 6.07) is 9.40. The number of hydrogen-bond donors (Lipinski definition) is 2. The number of benzene rings is 2. The van der Waals surface area contributed by atoms with Crippen molar-refractivity contribution in [1.29, 1.82) is 0 Å². The normalized spacial score (nSPS) is 18.1. The van der Waals surface area contributed by atoms with E-state index in [1.54, 1.807) is 30.6 Å². The van der Waals surface area contributed by atoms with E-state index in [0.29, 0.717) is 23.6 Å². The molecule has 1 saturated carbocycles. The Morgan fingerprint density at radius 2 is 1.76 bits per heavy atom. The van der Waals surface area contributed by atoms with Crippen LogP contribution < -0.4 is 14.8 Å². The smallest absolute Gasteiger partial charge is 0.263 e. The van der Waals surface area contributed by atoms with Gasteiger partial charge < -0.3 is 15.0 Å². The number of rotatable bonds is 9. The van der Waals surface area contributed by atoms with E-state index in [1.165, 1.54) is 37.4 Å². The molecule has 3 aromatic rings. The number of nitrogens with zero attached hydrogens (tertiary/aromatic N) is 3. The Kier molecular flexibility index (Phi) is 8.86. The van der Waals surface area contributed by atoms with Crippen LogP contribution in [0.3, 0.4) is 0 Å². The van der Waals surface area contributed by atoms with Crippen molar-refractivity contribution in [3.05, 3.63) is 70.8 Å². The number of hydrogen-bond acceptors (Lipinski definition) is 7. The molecule has 0 spiro atoms. The van der Waals surface area contributed by atoms with Crippen molar-refractivity contribution in [3.8, 4) is 5.75 Å². The Morgan fingerprint density at radius 1 is 1.08 bits per heavy atom. The summed E-state index contributed by atoms with van der Waals surface area (Å²) in [5.74, 6) is 0.0992. The van der Waals surface area contributed by atoms with Crippen LogP contribution in [0.15, 0.2) is 53.7 Å². The van der Waals surface area contributed by atoms with Gasteiger partial charge in [0.1, 0.15) is 16.5 Å². The van der Waals surface area contributed by atoms with Gasteiger partial charge in [-0.1, -0.05) is 35.9 Å². The molecule has 0 aliphatic heterocycles. The highest BCUT2D eigenvalue weighted by Crippen LogP contribution is 2.31. The molecule has 0 radical (unpaired) electrons. The first-order valence-electron chi connectivity index (χ1n) is 12.2. The van der Waals surface area contributed by atoms with E-state index in [4.69, 9.17) is 16.3 Å². The third-order valence-electron chi connectivity index (χ3n) is 6.58. The molecule has 1 heterocycles. The average molecular weight is 560 g/mol. The van der Waals surface area contributed by atoms with Gasteiger partial charge in [-0.2, -0.15) is 0 Å². The lowest BCUT2D eigenvalue weighted by atomic mass is 9.91. The minimum absolute atomic E-state index is 0.0343. The first kappa shape index (κ1) is 27.8. The standard InChI is InChI=1S/C27H31ClFN5O3S/c1-34(2)21-12-10-20(11-13-21)32-27-30-16-18(17-31-27)8-9-19-14-23(29)24(15-25(19)37-3)33-38(35,36)26-7-5-4-6-22(26)28/h4-9,14-17,20-21,33H,10-13H2,1-3H3,(H,30,31,32)/b9-8+/t20-,21-. The second-order valence-corrected chi connectivity index (χ2v) is 11.5. The first-order valence-corrected chi connectivity index (χ1v) is 14.1. The molecule has 4 rings (SSSR count). The average Bonchev–Trinajstić information content (AvgIpc) is 2.90. The molecule has 0 atom stereocenters. The van der Waals surface area contributed by atoms with Crippen LogP contribution in [0.1, 0.15) is 36.8 Å². The van der Waals surface area contributed by atoms with Gasteiger partial charge in [-0.25, -0.2) is 22.8 Å². The minimum atomic E-state index is -4.10. The summed E-state index contributed by atoms with van der Waals surface area (Å²) in [5, 5.41) is 3.44. The van der Waals surface area contributed by atoms with Crippen LogP contribution in [0.5, 0.6) is 5.75 Å². The van der Waals surface area contributed by atoms with Crippen molar-refractivity contribution in [1.82, 2.24) is 14.9 Å². The van der Waals surface area contributed by atoms with Gasteiger partial charge in [0.25, 0.3) is 10.0 Å². The maximum atomic E-state index is 14.9. The number of anilines is 2. The minimum Gasteiger partial charge on any atom is -0.496 e. The lowest BCUT2D eigenvalue weighted by molar-refractivity contribution is 0.221. The number of methoxy groups -OCH3 is 1. The Balaban J connectivity index is 1.44. The van der Waals surface area contributed by atoms with Crippen LogP contribution in [-0.4, -0.2) is 56.6 Å². The lowest BCUT2D eigenvalue weighted by Gasteiger charge is -2.32. The first-order chi connectivity index (χ1) is 18.2. The summed E-state index contributed by atoms with van der Waals surface area (Å²) in [6.07, 6.45) is 11.2. The zero-order valence-electron chi connectivity index (χ0n) is 21.5. The van der Waals surface area contributed by atoms with Gasteiger partial charge in [0.05, 0.1) is 17.8 Å². The summed E-state index contributed by atoms with van der Waals surface area (Å²) in [4.78, 5) is 11.0. The van der Waals surface area contributed by atoms with Gasteiger partial charge >= 0.3 is 0 Å². The van der Waals surface area contributed by atoms with E-state index in [0.717, 1.165) is 31.2 Å². The molecule has 0 amide bonds. The fraction of sp³-hybridized carbons (Fsp3) is 0.333. The molecule has 202 valence electrons. The fourth-order valence-corrected chi connectivity index (χ4v) is 6.00. The zero-order valence-corrected chi connectivity index (χ0v) is 23.1. The number of ether oxygens (including phenoxy) is 1. The highest BCUT2D eigenvalue weighted by atomic mass is 35.5. The molecule has 2 aromatic carbocycles. The van der Waals surface area contributed by atoms with E-state index in [2.05, 4.69) is 39.0 Å². The molecule has 1 aromatic heterocycles. The molecule has 0 bridgehead atoms. The molecule has 2 N–H and O–H groups in total. The van der Waals surface area contributed by atoms with Crippen molar-refractivity contribution in [2.24, 2.45) is 0 Å². The van der Waals surface area contributed by atoms with Gasteiger partial charge in [0, 0.05) is 41.7 Å². The topological polar surface area (TPSA) is 96.4 Å². The predicted octanol–water partition coefficient (Wildman–Crippen LogP) is 5.53. The van der Waals surface area contributed by atoms with E-state index in [-0.39, 0.29) is 21.4 Å². The van der Waals surface area contributed by atoms with Crippen molar-refractivity contribution < 1.29 is 17.5 Å². The van der Waals surface area contributed by atoms with Gasteiger partial charge in [-0.15, -0.1) is 0 Å². The molecule has 38 heavy (non-hydrogen) atoms. The van der Waals surface area contributed by atoms with Gasteiger partial charge in [-0.3, -0.25) is 4.72 Å². The van der Waals surface area contributed by atoms with Crippen molar-refractivity contribution in [3.63, 3.8) is 0 Å². The summed E-state index contributed by atoms with van der Waals surface area (Å²) < 4.78 is 48.0. The van der Waals surface area contributed by atoms with Crippen LogP contribution >= 0.6 is 11.6 Å². The van der Waals surface area contributed by atoms with Crippen molar-refractivity contribution in [2.45, 2.75) is 42.7 Å². The van der Waals surface area contributed by atoms with Crippen LogP contribution in [0, 0.1) is 5.82 Å². The molecule has 0 unspecified atom stereocenters. The summed E-state index contributed by atoms with van der Waals surface area (Å²) in [6.45, 7) is 0. The summed E-state index contributed by atoms with van der Waals surface area (Å²) in [7, 11) is 1.56. The second kappa shape index (κ2) is 12.1. The molecule has 1 aliphatic rings. The molecule has 1 fully saturated rings. The van der Waals surface area contributed by atoms with Crippen LogP contribution in [0.25, 0.3) is 12.2 Å². The third kappa shape index (κ3) is 6.80. The number of aromatic nitrogens is 2. The van der Waals surface area contributed by atoms with Crippen LogP contribution in [0.2, 0.25) is 5.02 Å². The Bertz CT molecular complexity index is 1390. The number of nitrogens with one attached hydrogen (secondary N) is 2. The fourth-order valence-electron chi connectivity index (χ4n) is 4.42. The molecular weight excluding hydrogens is 529 g/mol. The highest BCUT2D eigenvalue weighted by molar-refractivity contribution is 7.92. The largest absolute Gasteiger partial charge is 0.496 e. The van der Waals surface area contributed by atoms with E-state index in [9.17, 15) is 12.8 Å². The van der Waals surface area contributed by atoms with Crippen molar-refractivity contribution >= 4 is 45.4 Å². The number of halogens is 2. The predicted molar refractivity (Wildman–Crippen MR) is 150 cm³/mol.